The van der Waals surface area contributed by atoms with Crippen LogP contribution < -0.4 is 15.9 Å². The van der Waals surface area contributed by atoms with Gasteiger partial charge in [-0.15, -0.1) is 0 Å². The second-order valence-electron chi connectivity index (χ2n) is 4.57. The predicted octanol–water partition coefficient (Wildman–Crippen LogP) is 0.608. The molecule has 0 spiro atoms. The van der Waals surface area contributed by atoms with Gasteiger partial charge in [-0.05, 0) is 24.3 Å². The summed E-state index contributed by atoms with van der Waals surface area (Å²) in [4.78, 5) is 14.0. The lowest BCUT2D eigenvalue weighted by Crippen LogP contribution is -2.47. The van der Waals surface area contributed by atoms with Gasteiger partial charge in [0.05, 0.1) is 26.0 Å². The molecule has 1 amide bonds. The number of carbonyl (C=O) groups excluding carboxylic acids is 1. The van der Waals surface area contributed by atoms with Gasteiger partial charge in [0.2, 0.25) is 0 Å². The molecule has 7 nitrogen and oxygen atoms in total. The maximum atomic E-state index is 12.4. The lowest BCUT2D eigenvalue weighted by Gasteiger charge is -2.26. The summed E-state index contributed by atoms with van der Waals surface area (Å²) < 4.78 is 10.3. The van der Waals surface area contributed by atoms with E-state index in [0.717, 1.165) is 5.75 Å². The molecule has 0 unspecified atom stereocenters. The molecule has 3 N–H and O–H groups in total. The molecule has 1 fully saturated rings. The normalized spacial score (nSPS) is 15.3. The van der Waals surface area contributed by atoms with E-state index < -0.39 is 0 Å². The van der Waals surface area contributed by atoms with Crippen molar-refractivity contribution in [2.24, 2.45) is 10.8 Å². The largest absolute Gasteiger partial charge is 0.497 e. The van der Waals surface area contributed by atoms with Crippen LogP contribution in [-0.2, 0) is 9.53 Å². The fourth-order valence-corrected chi connectivity index (χ4v) is 2.04. The minimum absolute atomic E-state index is 0.0349. The molecule has 2 rings (SSSR count). The molecule has 22 heavy (non-hydrogen) atoms. The Morgan fingerprint density at radius 2 is 2.00 bits per heavy atom. The number of nitrogens with one attached hydrogen (secondary N) is 1. The van der Waals surface area contributed by atoms with Crippen molar-refractivity contribution in [2.45, 2.75) is 0 Å². The Bertz CT molecular complexity index is 568. The third kappa shape index (κ3) is 4.15. The zero-order valence-corrected chi connectivity index (χ0v) is 13.1. The smallest absolute Gasteiger partial charge is 0.277 e. The molecular formula is C14H18N4O3S. The summed E-state index contributed by atoms with van der Waals surface area (Å²) in [6.07, 6.45) is 0. The molecule has 1 heterocycles. The number of nitrogens with zero attached hydrogens (tertiary/aromatic N) is 2. The summed E-state index contributed by atoms with van der Waals surface area (Å²) in [6, 6.07) is 7.11. The van der Waals surface area contributed by atoms with E-state index >= 15 is 0 Å². The number of ether oxygens (including phenoxy) is 2. The molecule has 0 radical (unpaired) electrons. The number of rotatable bonds is 5. The number of anilines is 1. The Labute approximate surface area is 134 Å². The first-order valence-electron chi connectivity index (χ1n) is 6.76. The average Bonchev–Trinajstić information content (AvgIpc) is 2.56. The number of nitrogens with two attached hydrogens (primary N) is 1. The number of benzene rings is 1. The van der Waals surface area contributed by atoms with Crippen LogP contribution in [0.15, 0.2) is 29.4 Å². The van der Waals surface area contributed by atoms with Crippen LogP contribution in [0.2, 0.25) is 0 Å². The van der Waals surface area contributed by atoms with Gasteiger partial charge in [0, 0.05) is 13.1 Å². The van der Waals surface area contributed by atoms with Gasteiger partial charge in [-0.3, -0.25) is 10.2 Å². The topological polar surface area (TPSA) is 89.2 Å². The molecule has 118 valence electrons. The Morgan fingerprint density at radius 3 is 2.55 bits per heavy atom. The number of hydrazone groups is 1. The fraction of sp³-hybridized carbons (Fsp3) is 0.357. The van der Waals surface area contributed by atoms with E-state index in [2.05, 4.69) is 10.5 Å². The minimum Gasteiger partial charge on any atom is -0.497 e. The van der Waals surface area contributed by atoms with Crippen molar-refractivity contribution in [3.8, 4) is 5.75 Å². The van der Waals surface area contributed by atoms with Gasteiger partial charge in [0.1, 0.15) is 10.7 Å². The first-order valence-corrected chi connectivity index (χ1v) is 7.17. The molecule has 0 saturated carbocycles. The highest BCUT2D eigenvalue weighted by Gasteiger charge is 2.23. The van der Waals surface area contributed by atoms with Crippen molar-refractivity contribution in [1.82, 2.24) is 4.90 Å². The third-order valence-electron chi connectivity index (χ3n) is 3.12. The average molecular weight is 322 g/mol. The molecule has 0 aromatic heterocycles. The van der Waals surface area contributed by atoms with Gasteiger partial charge >= 0.3 is 0 Å². The lowest BCUT2D eigenvalue weighted by atomic mass is 10.3. The molecular weight excluding hydrogens is 304 g/mol. The Morgan fingerprint density at radius 1 is 1.36 bits per heavy atom. The highest BCUT2D eigenvalue weighted by molar-refractivity contribution is 7.82. The summed E-state index contributed by atoms with van der Waals surface area (Å²) in [5.41, 5.74) is 9.13. The third-order valence-corrected chi connectivity index (χ3v) is 3.31. The number of hydrogen-bond acceptors (Lipinski definition) is 6. The quantitative estimate of drug-likeness (QED) is 0.469. The Kier molecular flexibility index (Phi) is 5.68. The Hall–Kier alpha value is -2.19. The van der Waals surface area contributed by atoms with E-state index in [4.69, 9.17) is 27.4 Å². The number of carbonyl (C=O) groups is 1. The predicted molar refractivity (Wildman–Crippen MR) is 88.2 cm³/mol. The highest BCUT2D eigenvalue weighted by atomic mass is 32.1. The maximum absolute atomic E-state index is 12.4. The van der Waals surface area contributed by atoms with Crippen LogP contribution in [0.25, 0.3) is 0 Å². The molecule has 1 aromatic carbocycles. The zero-order valence-electron chi connectivity index (χ0n) is 12.2. The van der Waals surface area contributed by atoms with E-state index in [-0.39, 0.29) is 16.6 Å². The van der Waals surface area contributed by atoms with Gasteiger partial charge in [0.25, 0.3) is 5.91 Å². The summed E-state index contributed by atoms with van der Waals surface area (Å²) in [5, 5.41) is 4.05. The van der Waals surface area contributed by atoms with Crippen molar-refractivity contribution in [3.05, 3.63) is 24.3 Å². The van der Waals surface area contributed by atoms with Crippen LogP contribution in [0.4, 0.5) is 5.69 Å². The maximum Gasteiger partial charge on any atom is 0.277 e. The number of thiocarbonyl (C=S) groups is 1. The molecule has 0 atom stereocenters. The van der Waals surface area contributed by atoms with Crippen LogP contribution in [0.3, 0.4) is 0 Å². The van der Waals surface area contributed by atoms with Gasteiger partial charge in [-0.25, -0.2) is 0 Å². The molecule has 8 heteroatoms. The van der Waals surface area contributed by atoms with Gasteiger partial charge in [-0.1, -0.05) is 12.2 Å². The molecule has 0 bridgehead atoms. The van der Waals surface area contributed by atoms with Crippen LogP contribution in [-0.4, -0.2) is 54.9 Å². The first kappa shape index (κ1) is 16.2. The summed E-state index contributed by atoms with van der Waals surface area (Å²) in [7, 11) is 1.59. The van der Waals surface area contributed by atoms with Crippen LogP contribution in [0, 0.1) is 0 Å². The van der Waals surface area contributed by atoms with E-state index in [1.807, 2.05) is 0 Å². The van der Waals surface area contributed by atoms with Crippen LogP contribution in [0.1, 0.15) is 0 Å². The Balaban J connectivity index is 2.08. The minimum atomic E-state index is -0.295. The van der Waals surface area contributed by atoms with Crippen molar-refractivity contribution in [1.29, 1.82) is 0 Å². The van der Waals surface area contributed by atoms with Crippen LogP contribution >= 0.6 is 12.2 Å². The van der Waals surface area contributed by atoms with E-state index in [0.29, 0.717) is 32.0 Å². The SMILES string of the molecule is COc1ccc(NN=C(C(=O)N2CCOCC2)C(N)=S)cc1. The standard InChI is InChI=1S/C14H18N4O3S/c1-20-11-4-2-10(3-5-11)16-17-12(13(15)22)14(19)18-6-8-21-9-7-18/h2-5,16H,6-9H2,1H3,(H2,15,22). The molecule has 0 aliphatic carbocycles. The lowest BCUT2D eigenvalue weighted by molar-refractivity contribution is -0.127. The number of amides is 1. The molecule has 1 aromatic rings. The summed E-state index contributed by atoms with van der Waals surface area (Å²) >= 11 is 4.93. The zero-order chi connectivity index (χ0) is 15.9. The molecule has 1 saturated heterocycles. The summed E-state index contributed by atoms with van der Waals surface area (Å²) in [6.45, 7) is 2.01. The van der Waals surface area contributed by atoms with E-state index in [9.17, 15) is 4.79 Å². The van der Waals surface area contributed by atoms with Gasteiger partial charge < -0.3 is 20.1 Å². The molecule has 1 aliphatic heterocycles. The first-order chi connectivity index (χ1) is 10.6. The van der Waals surface area contributed by atoms with Crippen molar-refractivity contribution in [2.75, 3.05) is 38.8 Å². The monoisotopic (exact) mass is 322 g/mol. The highest BCUT2D eigenvalue weighted by Crippen LogP contribution is 2.15. The number of methoxy groups -OCH3 is 1. The van der Waals surface area contributed by atoms with Crippen molar-refractivity contribution in [3.63, 3.8) is 0 Å². The van der Waals surface area contributed by atoms with E-state index in [1.54, 1.807) is 36.3 Å². The second-order valence-corrected chi connectivity index (χ2v) is 5.01. The van der Waals surface area contributed by atoms with E-state index in [1.165, 1.54) is 0 Å². The summed E-state index contributed by atoms with van der Waals surface area (Å²) in [5.74, 6) is 0.435. The number of morpholine rings is 1. The fourth-order valence-electron chi connectivity index (χ4n) is 1.91. The van der Waals surface area contributed by atoms with Gasteiger partial charge in [-0.2, -0.15) is 5.10 Å². The van der Waals surface area contributed by atoms with Crippen molar-refractivity contribution >= 4 is 34.5 Å². The van der Waals surface area contributed by atoms with Gasteiger partial charge in [0.15, 0.2) is 5.71 Å². The second kappa shape index (κ2) is 7.71. The number of hydrogen-bond donors (Lipinski definition) is 2. The van der Waals surface area contributed by atoms with Crippen molar-refractivity contribution < 1.29 is 14.3 Å². The van der Waals surface area contributed by atoms with Crippen LogP contribution in [0.5, 0.6) is 5.75 Å². The molecule has 1 aliphatic rings.